The number of tetrazole rings is 1. The van der Waals surface area contributed by atoms with Gasteiger partial charge in [-0.15, -0.1) is 5.10 Å². The van der Waals surface area contributed by atoms with E-state index in [0.717, 1.165) is 29.7 Å². The zero-order valence-electron chi connectivity index (χ0n) is 22.3. The highest BCUT2D eigenvalue weighted by molar-refractivity contribution is 7.99. The van der Waals surface area contributed by atoms with Gasteiger partial charge in [0.05, 0.1) is 17.5 Å². The standard InChI is InChI=1S/C28H29ClN8O2S/c1-18-7-9-19(10-8-18)17-30-32-27(39)23-16-22(29)11-12-24(23)31-26(38)21-6-4-5-20(15-21)25(13-14-37(2)3)40-28-33-35-36-34-28/h4-12,15-17,25H,13-14H2,1-3H3,(H,31,38)(H,32,39)(H,33,34,35,36). The van der Waals surface area contributed by atoms with Crippen molar-refractivity contribution in [2.75, 3.05) is 26.0 Å². The van der Waals surface area contributed by atoms with Gasteiger partial charge >= 0.3 is 0 Å². The van der Waals surface area contributed by atoms with Gasteiger partial charge in [0, 0.05) is 15.8 Å². The number of H-pyrrole nitrogens is 1. The molecule has 1 unspecified atom stereocenters. The van der Waals surface area contributed by atoms with Gasteiger partial charge in [-0.3, -0.25) is 9.59 Å². The molecule has 1 atom stereocenters. The second-order valence-electron chi connectivity index (χ2n) is 9.28. The summed E-state index contributed by atoms with van der Waals surface area (Å²) in [4.78, 5) is 28.3. The SMILES string of the molecule is Cc1ccc(C=NNC(=O)c2cc(Cl)ccc2NC(=O)c2cccc(C(CCN(C)C)Sc3nnn[nH]3)c2)cc1. The first-order valence-electron chi connectivity index (χ1n) is 12.4. The third kappa shape index (κ3) is 8.22. The molecule has 0 radical (unpaired) electrons. The van der Waals surface area contributed by atoms with Crippen LogP contribution in [0.2, 0.25) is 5.02 Å². The summed E-state index contributed by atoms with van der Waals surface area (Å²) in [6.07, 6.45) is 2.36. The maximum Gasteiger partial charge on any atom is 0.273 e. The van der Waals surface area contributed by atoms with Gasteiger partial charge in [0.15, 0.2) is 0 Å². The number of nitrogens with zero attached hydrogens (tertiary/aromatic N) is 5. The Morgan fingerprint density at radius 3 is 2.62 bits per heavy atom. The van der Waals surface area contributed by atoms with Crippen molar-refractivity contribution < 1.29 is 9.59 Å². The number of amides is 2. The molecule has 3 N–H and O–H groups in total. The Morgan fingerprint density at radius 1 is 1.10 bits per heavy atom. The Kier molecular flexibility index (Phi) is 10.0. The maximum atomic E-state index is 13.3. The van der Waals surface area contributed by atoms with Crippen molar-refractivity contribution in [3.05, 3.63) is 99.6 Å². The molecule has 4 rings (SSSR count). The molecule has 4 aromatic rings. The Labute approximate surface area is 241 Å². The number of anilines is 1. The number of aryl methyl sites for hydroxylation is 1. The maximum absolute atomic E-state index is 13.3. The van der Waals surface area contributed by atoms with Gasteiger partial charge in [-0.1, -0.05) is 65.3 Å². The van der Waals surface area contributed by atoms with Crippen LogP contribution in [0.4, 0.5) is 5.69 Å². The van der Waals surface area contributed by atoms with E-state index in [4.69, 9.17) is 11.6 Å². The summed E-state index contributed by atoms with van der Waals surface area (Å²) in [5, 5.41) is 21.9. The highest BCUT2D eigenvalue weighted by Gasteiger charge is 2.19. The predicted molar refractivity (Wildman–Crippen MR) is 158 cm³/mol. The normalized spacial score (nSPS) is 12.0. The van der Waals surface area contributed by atoms with E-state index < -0.39 is 5.91 Å². The van der Waals surface area contributed by atoms with Crippen LogP contribution in [0.1, 0.15) is 49.1 Å². The van der Waals surface area contributed by atoms with E-state index in [1.54, 1.807) is 24.4 Å². The summed E-state index contributed by atoms with van der Waals surface area (Å²) in [6.45, 7) is 2.83. The number of halogens is 1. The number of rotatable bonds is 11. The van der Waals surface area contributed by atoms with Crippen LogP contribution >= 0.6 is 23.4 Å². The smallest absolute Gasteiger partial charge is 0.273 e. The molecular weight excluding hydrogens is 548 g/mol. The molecule has 0 saturated heterocycles. The first kappa shape index (κ1) is 28.9. The minimum absolute atomic E-state index is 0.00756. The monoisotopic (exact) mass is 576 g/mol. The van der Waals surface area contributed by atoms with Crippen molar-refractivity contribution in [3.8, 4) is 0 Å². The van der Waals surface area contributed by atoms with Gasteiger partial charge in [0.1, 0.15) is 0 Å². The van der Waals surface area contributed by atoms with E-state index in [-0.39, 0.29) is 16.7 Å². The number of benzene rings is 3. The summed E-state index contributed by atoms with van der Waals surface area (Å²) in [5.41, 5.74) is 6.38. The molecule has 1 heterocycles. The van der Waals surface area contributed by atoms with Gasteiger partial charge in [-0.05, 0) is 85.9 Å². The minimum Gasteiger partial charge on any atom is -0.321 e. The lowest BCUT2D eigenvalue weighted by atomic mass is 10.0. The molecule has 0 spiro atoms. The predicted octanol–water partition coefficient (Wildman–Crippen LogP) is 4.96. The lowest BCUT2D eigenvalue weighted by Crippen LogP contribution is -2.21. The largest absolute Gasteiger partial charge is 0.321 e. The second kappa shape index (κ2) is 13.8. The van der Waals surface area contributed by atoms with Crippen LogP contribution in [-0.2, 0) is 0 Å². The van der Waals surface area contributed by atoms with E-state index in [0.29, 0.717) is 21.4 Å². The molecule has 0 aliphatic rings. The number of aromatic nitrogens is 4. The van der Waals surface area contributed by atoms with Crippen molar-refractivity contribution in [3.63, 3.8) is 0 Å². The van der Waals surface area contributed by atoms with Gasteiger partial charge in [-0.25, -0.2) is 10.5 Å². The first-order valence-corrected chi connectivity index (χ1v) is 13.7. The summed E-state index contributed by atoms with van der Waals surface area (Å²) >= 11 is 7.67. The number of carbonyl (C=O) groups is 2. The Bertz CT molecular complexity index is 1480. The minimum atomic E-state index is -0.504. The van der Waals surface area contributed by atoms with Crippen molar-refractivity contribution in [1.82, 2.24) is 30.9 Å². The third-order valence-electron chi connectivity index (χ3n) is 5.87. The van der Waals surface area contributed by atoms with Crippen LogP contribution in [0.5, 0.6) is 0 Å². The van der Waals surface area contributed by atoms with E-state index >= 15 is 0 Å². The van der Waals surface area contributed by atoms with Crippen LogP contribution in [-0.4, -0.2) is 64.2 Å². The summed E-state index contributed by atoms with van der Waals surface area (Å²) in [5.74, 6) is -0.866. The van der Waals surface area contributed by atoms with Crippen LogP contribution in [0.25, 0.3) is 0 Å². The molecule has 0 aliphatic carbocycles. The molecule has 0 aliphatic heterocycles. The average Bonchev–Trinajstić information content (AvgIpc) is 3.46. The van der Waals surface area contributed by atoms with Crippen molar-refractivity contribution in [2.45, 2.75) is 23.8 Å². The number of hydrazone groups is 1. The average molecular weight is 577 g/mol. The molecule has 3 aromatic carbocycles. The quantitative estimate of drug-likeness (QED) is 0.131. The molecule has 1 aromatic heterocycles. The zero-order chi connectivity index (χ0) is 28.5. The number of hydrogen-bond acceptors (Lipinski definition) is 8. The molecule has 0 saturated carbocycles. The van der Waals surface area contributed by atoms with Crippen LogP contribution < -0.4 is 10.7 Å². The molecule has 10 nitrogen and oxygen atoms in total. The number of nitrogens with one attached hydrogen (secondary N) is 3. The van der Waals surface area contributed by atoms with Crippen molar-refractivity contribution in [2.24, 2.45) is 5.10 Å². The van der Waals surface area contributed by atoms with Crippen LogP contribution in [0.15, 0.2) is 77.0 Å². The Balaban J connectivity index is 1.50. The zero-order valence-corrected chi connectivity index (χ0v) is 23.8. The van der Waals surface area contributed by atoms with Gasteiger partial charge < -0.3 is 10.2 Å². The molecule has 2 amide bonds. The van der Waals surface area contributed by atoms with E-state index in [1.807, 2.05) is 63.5 Å². The lowest BCUT2D eigenvalue weighted by Gasteiger charge is -2.19. The fourth-order valence-electron chi connectivity index (χ4n) is 3.77. The number of aromatic amines is 1. The summed E-state index contributed by atoms with van der Waals surface area (Å²) in [7, 11) is 4.02. The van der Waals surface area contributed by atoms with Gasteiger partial charge in [0.25, 0.3) is 11.8 Å². The van der Waals surface area contributed by atoms with Crippen LogP contribution in [0, 0.1) is 6.92 Å². The Morgan fingerprint density at radius 2 is 1.90 bits per heavy atom. The first-order chi connectivity index (χ1) is 19.3. The Hall–Kier alpha value is -4.06. The second-order valence-corrected chi connectivity index (χ2v) is 10.9. The van der Waals surface area contributed by atoms with Gasteiger partial charge in [-0.2, -0.15) is 5.10 Å². The van der Waals surface area contributed by atoms with Crippen molar-refractivity contribution in [1.29, 1.82) is 0 Å². The summed E-state index contributed by atoms with van der Waals surface area (Å²) < 4.78 is 0. The fourth-order valence-corrected chi connectivity index (χ4v) is 4.90. The number of carbonyl (C=O) groups excluding carboxylic acids is 2. The molecule has 12 heteroatoms. The molecule has 40 heavy (non-hydrogen) atoms. The number of thioether (sulfide) groups is 1. The van der Waals surface area contributed by atoms with E-state index in [2.05, 4.69) is 41.4 Å². The highest BCUT2D eigenvalue weighted by atomic mass is 35.5. The number of hydrogen-bond donors (Lipinski definition) is 3. The summed E-state index contributed by atoms with van der Waals surface area (Å²) in [6, 6.07) is 19.8. The molecule has 0 bridgehead atoms. The van der Waals surface area contributed by atoms with Crippen molar-refractivity contribution >= 4 is 47.1 Å². The molecule has 206 valence electrons. The third-order valence-corrected chi connectivity index (χ3v) is 7.29. The van der Waals surface area contributed by atoms with Crippen LogP contribution in [0.3, 0.4) is 0 Å². The van der Waals surface area contributed by atoms with Gasteiger partial charge in [0.2, 0.25) is 5.16 Å². The topological polar surface area (TPSA) is 128 Å². The highest BCUT2D eigenvalue weighted by Crippen LogP contribution is 2.36. The fraction of sp³-hybridized carbons (Fsp3) is 0.214. The molecular formula is C28H29ClN8O2S. The molecule has 0 fully saturated rings. The van der Waals surface area contributed by atoms with E-state index in [1.165, 1.54) is 17.8 Å². The van der Waals surface area contributed by atoms with E-state index in [9.17, 15) is 9.59 Å². The lowest BCUT2D eigenvalue weighted by molar-refractivity contribution is 0.0956.